The molecule has 7 nitrogen and oxygen atoms in total. The van der Waals surface area contributed by atoms with Gasteiger partial charge in [0.15, 0.2) is 11.5 Å². The van der Waals surface area contributed by atoms with E-state index in [4.69, 9.17) is 10.2 Å². The fraction of sp³-hybridized carbons (Fsp3) is 0. The van der Waals surface area contributed by atoms with Gasteiger partial charge in [0.2, 0.25) is 5.91 Å². The van der Waals surface area contributed by atoms with E-state index in [1.165, 1.54) is 36.7 Å². The molecule has 0 aliphatic carbocycles. The summed E-state index contributed by atoms with van der Waals surface area (Å²) in [6.07, 6.45) is 5.26. The SMILES string of the molecule is O=C(C=Cc1ccc(O)cc1)Nc1nccnc1C(=O)O. The number of aromatic carboxylic acids is 1. The molecule has 1 aromatic heterocycles. The first-order valence-corrected chi connectivity index (χ1v) is 5.88. The number of aromatic nitrogens is 2. The normalized spacial score (nSPS) is 10.5. The highest BCUT2D eigenvalue weighted by Crippen LogP contribution is 2.11. The third-order valence-electron chi connectivity index (χ3n) is 2.46. The van der Waals surface area contributed by atoms with Crippen LogP contribution in [-0.2, 0) is 4.79 Å². The number of nitrogens with one attached hydrogen (secondary N) is 1. The number of rotatable bonds is 4. The van der Waals surface area contributed by atoms with Gasteiger partial charge < -0.3 is 15.5 Å². The van der Waals surface area contributed by atoms with Crippen LogP contribution in [-0.4, -0.2) is 32.1 Å². The number of benzene rings is 1. The number of carbonyl (C=O) groups is 2. The zero-order valence-electron chi connectivity index (χ0n) is 10.7. The molecule has 2 aromatic rings. The monoisotopic (exact) mass is 285 g/mol. The van der Waals surface area contributed by atoms with Gasteiger partial charge in [0, 0.05) is 18.5 Å². The fourth-order valence-electron chi connectivity index (χ4n) is 1.50. The molecule has 0 aliphatic heterocycles. The summed E-state index contributed by atoms with van der Waals surface area (Å²) in [5.41, 5.74) is 0.379. The number of nitrogens with zero attached hydrogens (tertiary/aromatic N) is 2. The maximum Gasteiger partial charge on any atom is 0.358 e. The van der Waals surface area contributed by atoms with Crippen molar-refractivity contribution in [2.45, 2.75) is 0 Å². The Labute approximate surface area is 119 Å². The van der Waals surface area contributed by atoms with Crippen molar-refractivity contribution in [3.63, 3.8) is 0 Å². The first-order chi connectivity index (χ1) is 10.1. The van der Waals surface area contributed by atoms with Crippen LogP contribution in [0.4, 0.5) is 5.82 Å². The molecule has 21 heavy (non-hydrogen) atoms. The number of amides is 1. The smallest absolute Gasteiger partial charge is 0.358 e. The number of phenols is 1. The molecular formula is C14H11N3O4. The zero-order valence-corrected chi connectivity index (χ0v) is 10.7. The average Bonchev–Trinajstić information content (AvgIpc) is 2.47. The van der Waals surface area contributed by atoms with Crippen LogP contribution in [0.3, 0.4) is 0 Å². The van der Waals surface area contributed by atoms with Gasteiger partial charge in [0.25, 0.3) is 0 Å². The van der Waals surface area contributed by atoms with Gasteiger partial charge in [0.05, 0.1) is 0 Å². The number of hydrogen-bond donors (Lipinski definition) is 3. The molecule has 0 fully saturated rings. The van der Waals surface area contributed by atoms with E-state index in [-0.39, 0.29) is 17.3 Å². The summed E-state index contributed by atoms with van der Waals surface area (Å²) < 4.78 is 0. The van der Waals surface area contributed by atoms with Crippen LogP contribution in [0.25, 0.3) is 6.08 Å². The van der Waals surface area contributed by atoms with Gasteiger partial charge in [-0.1, -0.05) is 12.1 Å². The number of aromatic hydroxyl groups is 1. The van der Waals surface area contributed by atoms with Gasteiger partial charge in [-0.05, 0) is 23.8 Å². The highest BCUT2D eigenvalue weighted by molar-refractivity contribution is 6.04. The molecule has 0 bridgehead atoms. The van der Waals surface area contributed by atoms with Crippen molar-refractivity contribution in [1.82, 2.24) is 9.97 Å². The van der Waals surface area contributed by atoms with Crippen LogP contribution < -0.4 is 5.32 Å². The first kappa shape index (κ1) is 14.2. The number of hydrogen-bond acceptors (Lipinski definition) is 5. The lowest BCUT2D eigenvalue weighted by Crippen LogP contribution is -2.14. The van der Waals surface area contributed by atoms with Gasteiger partial charge in [-0.25, -0.2) is 14.8 Å². The highest BCUT2D eigenvalue weighted by atomic mass is 16.4. The molecule has 1 aromatic carbocycles. The highest BCUT2D eigenvalue weighted by Gasteiger charge is 2.13. The summed E-state index contributed by atoms with van der Waals surface area (Å²) in [5, 5.41) is 20.4. The van der Waals surface area contributed by atoms with Crippen molar-refractivity contribution in [2.75, 3.05) is 5.32 Å². The molecule has 2 rings (SSSR count). The van der Waals surface area contributed by atoms with Crippen LogP contribution in [0.15, 0.2) is 42.7 Å². The molecule has 0 saturated heterocycles. The maximum atomic E-state index is 11.7. The van der Waals surface area contributed by atoms with Crippen molar-refractivity contribution in [3.05, 3.63) is 54.0 Å². The van der Waals surface area contributed by atoms with E-state index in [1.54, 1.807) is 12.1 Å². The Kier molecular flexibility index (Phi) is 4.25. The zero-order chi connectivity index (χ0) is 15.2. The predicted octanol–water partition coefficient (Wildman–Crippen LogP) is 1.53. The van der Waals surface area contributed by atoms with Crippen molar-refractivity contribution in [1.29, 1.82) is 0 Å². The molecule has 0 aliphatic rings. The van der Waals surface area contributed by atoms with Crippen molar-refractivity contribution < 1.29 is 19.8 Å². The molecule has 0 radical (unpaired) electrons. The second-order valence-electron chi connectivity index (χ2n) is 3.97. The molecule has 0 spiro atoms. The Balaban J connectivity index is 2.08. The van der Waals surface area contributed by atoms with E-state index in [0.717, 1.165) is 0 Å². The Bertz CT molecular complexity index is 696. The van der Waals surface area contributed by atoms with E-state index in [0.29, 0.717) is 5.56 Å². The van der Waals surface area contributed by atoms with Crippen LogP contribution in [0.1, 0.15) is 16.1 Å². The van der Waals surface area contributed by atoms with Crippen LogP contribution in [0, 0.1) is 0 Å². The summed E-state index contributed by atoms with van der Waals surface area (Å²) >= 11 is 0. The lowest BCUT2D eigenvalue weighted by molar-refractivity contribution is -0.111. The Morgan fingerprint density at radius 1 is 1.10 bits per heavy atom. The van der Waals surface area contributed by atoms with Crippen molar-refractivity contribution >= 4 is 23.8 Å². The summed E-state index contributed by atoms with van der Waals surface area (Å²) in [7, 11) is 0. The maximum absolute atomic E-state index is 11.7. The summed E-state index contributed by atoms with van der Waals surface area (Å²) in [6, 6.07) is 6.24. The molecule has 0 saturated carbocycles. The van der Waals surface area contributed by atoms with Gasteiger partial charge >= 0.3 is 5.97 Å². The molecule has 0 atom stereocenters. The molecule has 1 amide bonds. The van der Waals surface area contributed by atoms with Gasteiger partial charge in [-0.3, -0.25) is 4.79 Å². The Hall–Kier alpha value is -3.22. The van der Waals surface area contributed by atoms with E-state index >= 15 is 0 Å². The molecular weight excluding hydrogens is 274 g/mol. The van der Waals surface area contributed by atoms with Crippen LogP contribution >= 0.6 is 0 Å². The molecule has 7 heteroatoms. The predicted molar refractivity (Wildman–Crippen MR) is 74.8 cm³/mol. The summed E-state index contributed by atoms with van der Waals surface area (Å²) in [6.45, 7) is 0. The minimum absolute atomic E-state index is 0.120. The Morgan fingerprint density at radius 3 is 2.43 bits per heavy atom. The summed E-state index contributed by atoms with van der Waals surface area (Å²) in [4.78, 5) is 30.0. The fourth-order valence-corrected chi connectivity index (χ4v) is 1.50. The number of carboxylic acids is 1. The van der Waals surface area contributed by atoms with E-state index < -0.39 is 11.9 Å². The van der Waals surface area contributed by atoms with Gasteiger partial charge in [-0.15, -0.1) is 0 Å². The van der Waals surface area contributed by atoms with Gasteiger partial charge in [-0.2, -0.15) is 0 Å². The van der Waals surface area contributed by atoms with Gasteiger partial charge in [0.1, 0.15) is 5.75 Å². The minimum Gasteiger partial charge on any atom is -0.508 e. The van der Waals surface area contributed by atoms with E-state index in [1.807, 2.05) is 0 Å². The molecule has 3 N–H and O–H groups in total. The minimum atomic E-state index is -1.28. The molecule has 1 heterocycles. The lowest BCUT2D eigenvalue weighted by Gasteiger charge is -2.03. The molecule has 106 valence electrons. The second kappa shape index (κ2) is 6.29. The van der Waals surface area contributed by atoms with Crippen molar-refractivity contribution in [2.24, 2.45) is 0 Å². The van der Waals surface area contributed by atoms with Crippen molar-refractivity contribution in [3.8, 4) is 5.75 Å². The number of phenolic OH excluding ortho intramolecular Hbond substituents is 1. The second-order valence-corrected chi connectivity index (χ2v) is 3.97. The van der Waals surface area contributed by atoms with E-state index in [2.05, 4.69) is 15.3 Å². The van der Waals surface area contributed by atoms with Crippen LogP contribution in [0.2, 0.25) is 0 Å². The molecule has 0 unspecified atom stereocenters. The van der Waals surface area contributed by atoms with Crippen LogP contribution in [0.5, 0.6) is 5.75 Å². The summed E-state index contributed by atoms with van der Waals surface area (Å²) in [5.74, 6) is -1.81. The Morgan fingerprint density at radius 2 is 1.76 bits per heavy atom. The largest absolute Gasteiger partial charge is 0.508 e. The number of carboxylic acid groups (broad SMARTS) is 1. The average molecular weight is 285 g/mol. The quantitative estimate of drug-likeness (QED) is 0.734. The third kappa shape index (κ3) is 3.87. The standard InChI is InChI=1S/C14H11N3O4/c18-10-4-1-9(2-5-10)3-6-11(19)17-13-12(14(20)21)15-7-8-16-13/h1-8,18H,(H,20,21)(H,16,17,19). The van der Waals surface area contributed by atoms with E-state index in [9.17, 15) is 9.59 Å². The lowest BCUT2D eigenvalue weighted by atomic mass is 10.2. The number of carbonyl (C=O) groups excluding carboxylic acids is 1. The first-order valence-electron chi connectivity index (χ1n) is 5.88. The number of anilines is 1. The topological polar surface area (TPSA) is 112 Å². The third-order valence-corrected chi connectivity index (χ3v) is 2.46.